The largest absolute Gasteiger partial charge is 0.274 e. The van der Waals surface area contributed by atoms with Crippen molar-refractivity contribution in [3.63, 3.8) is 0 Å². The molecule has 0 bridgehead atoms. The average molecular weight is 329 g/mol. The van der Waals surface area contributed by atoms with Crippen LogP contribution in [0.1, 0.15) is 5.56 Å². The minimum atomic E-state index is -3.42. The zero-order valence-corrected chi connectivity index (χ0v) is 13.3. The molecule has 0 unspecified atom stereocenters. The summed E-state index contributed by atoms with van der Waals surface area (Å²) in [6.45, 7) is 2.08. The van der Waals surface area contributed by atoms with Crippen molar-refractivity contribution in [2.24, 2.45) is 0 Å². The van der Waals surface area contributed by atoms with E-state index in [0.29, 0.717) is 36.6 Å². The fourth-order valence-corrected chi connectivity index (χ4v) is 4.04. The number of H-pyrrole nitrogens is 1. The first-order chi connectivity index (χ1) is 11.1. The van der Waals surface area contributed by atoms with E-state index < -0.39 is 10.0 Å². The van der Waals surface area contributed by atoms with Crippen LogP contribution in [0.5, 0.6) is 0 Å². The van der Waals surface area contributed by atoms with Gasteiger partial charge in [0.25, 0.3) is 5.82 Å². The average Bonchev–Trinajstić information content (AvgIpc) is 2.63. The Labute approximate surface area is 135 Å². The van der Waals surface area contributed by atoms with E-state index in [1.165, 1.54) is 4.31 Å². The lowest BCUT2D eigenvalue weighted by molar-refractivity contribution is -0.364. The number of aromatic amines is 1. The van der Waals surface area contributed by atoms with Crippen LogP contribution in [-0.2, 0) is 10.0 Å². The first kappa shape index (κ1) is 15.5. The Bertz CT molecular complexity index is 805. The zero-order chi connectivity index (χ0) is 16.3. The number of sulfonamides is 1. The summed E-state index contributed by atoms with van der Waals surface area (Å²) in [5.74, 6) is 0.890. The molecule has 0 spiro atoms. The molecule has 0 aliphatic carbocycles. The number of pyridine rings is 1. The number of hydrogen-bond acceptors (Lipinski definition) is 4. The molecule has 0 radical (unpaired) electrons. The second-order valence-electron chi connectivity index (χ2n) is 5.28. The Balaban J connectivity index is 1.70. The summed E-state index contributed by atoms with van der Waals surface area (Å²) in [4.78, 5) is 5.49. The van der Waals surface area contributed by atoms with Gasteiger partial charge in [0, 0.05) is 6.07 Å². The van der Waals surface area contributed by atoms with Crippen LogP contribution in [0.4, 0.5) is 5.82 Å². The number of hydrogen-bond donors (Lipinski definition) is 0. The minimum Gasteiger partial charge on any atom is -0.259 e. The summed E-state index contributed by atoms with van der Waals surface area (Å²) >= 11 is 0. The number of nitrogens with zero attached hydrogens (tertiary/aromatic N) is 3. The number of nitriles is 1. The summed E-state index contributed by atoms with van der Waals surface area (Å²) in [6.07, 6.45) is 1.66. The molecule has 1 saturated heterocycles. The molecule has 2 aromatic rings. The lowest BCUT2D eigenvalue weighted by atomic mass is 10.3. The van der Waals surface area contributed by atoms with Gasteiger partial charge in [-0.3, -0.25) is 4.90 Å². The fraction of sp³-hybridized carbons (Fsp3) is 0.250. The van der Waals surface area contributed by atoms with E-state index in [1.807, 2.05) is 6.07 Å². The van der Waals surface area contributed by atoms with Crippen LogP contribution in [0, 0.1) is 11.3 Å². The molecular formula is C16H17N4O2S+. The normalized spacial score (nSPS) is 16.0. The molecule has 6 nitrogen and oxygen atoms in total. The van der Waals surface area contributed by atoms with Gasteiger partial charge in [0.2, 0.25) is 10.0 Å². The molecule has 0 atom stereocenters. The van der Waals surface area contributed by atoms with Crippen molar-refractivity contribution < 1.29 is 13.4 Å². The smallest absolute Gasteiger partial charge is 0.259 e. The minimum absolute atomic E-state index is 0.332. The van der Waals surface area contributed by atoms with Gasteiger partial charge in [0.1, 0.15) is 12.3 Å². The molecule has 1 aromatic heterocycles. The standard InChI is InChI=1S/C16H16N4O2S/c17-12-14-6-7-16(18-13-14)19-8-10-20(11-9-19)23(21,22)15-4-2-1-3-5-15/h1-7,13H,8-11H2/p+1. The van der Waals surface area contributed by atoms with Crippen molar-refractivity contribution in [1.82, 2.24) is 4.31 Å². The molecule has 1 N–H and O–H groups in total. The van der Waals surface area contributed by atoms with Crippen LogP contribution >= 0.6 is 0 Å². The van der Waals surface area contributed by atoms with E-state index >= 15 is 0 Å². The predicted molar refractivity (Wildman–Crippen MR) is 85.1 cm³/mol. The van der Waals surface area contributed by atoms with Gasteiger partial charge in [-0.05, 0) is 18.2 Å². The first-order valence-corrected chi connectivity index (χ1v) is 8.77. The molecule has 0 saturated carbocycles. The SMILES string of the molecule is N#Cc1ccc(N2CCN(S(=O)(=O)c3ccccc3)CC2)[nH+]c1. The Morgan fingerprint density at radius 3 is 2.26 bits per heavy atom. The van der Waals surface area contributed by atoms with Gasteiger partial charge in [0.05, 0.1) is 36.6 Å². The van der Waals surface area contributed by atoms with Gasteiger partial charge in [0.15, 0.2) is 0 Å². The summed E-state index contributed by atoms with van der Waals surface area (Å²) < 4.78 is 26.7. The van der Waals surface area contributed by atoms with E-state index in [2.05, 4.69) is 16.0 Å². The van der Waals surface area contributed by atoms with Crippen molar-refractivity contribution in [2.45, 2.75) is 4.90 Å². The summed E-state index contributed by atoms with van der Waals surface area (Å²) in [7, 11) is -3.42. The van der Waals surface area contributed by atoms with E-state index in [0.717, 1.165) is 5.82 Å². The van der Waals surface area contributed by atoms with Crippen LogP contribution in [0.25, 0.3) is 0 Å². The second-order valence-corrected chi connectivity index (χ2v) is 7.22. The highest BCUT2D eigenvalue weighted by Crippen LogP contribution is 2.18. The highest BCUT2D eigenvalue weighted by atomic mass is 32.2. The van der Waals surface area contributed by atoms with Crippen molar-refractivity contribution in [3.05, 3.63) is 54.2 Å². The third-order valence-electron chi connectivity index (χ3n) is 3.89. The van der Waals surface area contributed by atoms with Crippen LogP contribution in [0.2, 0.25) is 0 Å². The van der Waals surface area contributed by atoms with Gasteiger partial charge in [-0.1, -0.05) is 18.2 Å². The molecule has 1 aliphatic heterocycles. The Morgan fingerprint density at radius 2 is 1.70 bits per heavy atom. The van der Waals surface area contributed by atoms with Crippen molar-refractivity contribution >= 4 is 15.8 Å². The maximum absolute atomic E-state index is 12.6. The third kappa shape index (κ3) is 3.18. The summed E-state index contributed by atoms with van der Waals surface area (Å²) in [6, 6.07) is 14.2. The Kier molecular flexibility index (Phi) is 4.28. The fourth-order valence-electron chi connectivity index (χ4n) is 2.59. The van der Waals surface area contributed by atoms with Crippen LogP contribution in [0.3, 0.4) is 0 Å². The molecule has 7 heteroatoms. The number of benzene rings is 1. The number of rotatable bonds is 3. The maximum atomic E-state index is 12.6. The molecule has 0 amide bonds. The van der Waals surface area contributed by atoms with Gasteiger partial charge in [-0.25, -0.2) is 13.4 Å². The van der Waals surface area contributed by atoms with E-state index in [1.54, 1.807) is 42.6 Å². The lowest BCUT2D eigenvalue weighted by Gasteiger charge is -2.30. The number of nitrogens with one attached hydrogen (secondary N) is 1. The molecule has 1 aliphatic rings. The molecule has 2 heterocycles. The molecule has 1 fully saturated rings. The van der Waals surface area contributed by atoms with Crippen molar-refractivity contribution in [2.75, 3.05) is 31.1 Å². The highest BCUT2D eigenvalue weighted by molar-refractivity contribution is 7.89. The van der Waals surface area contributed by atoms with E-state index in [9.17, 15) is 8.42 Å². The van der Waals surface area contributed by atoms with Crippen molar-refractivity contribution in [1.29, 1.82) is 5.26 Å². The number of anilines is 1. The third-order valence-corrected chi connectivity index (χ3v) is 5.80. The van der Waals surface area contributed by atoms with E-state index in [-0.39, 0.29) is 0 Å². The molecule has 1 aromatic carbocycles. The molecule has 118 valence electrons. The molecular weight excluding hydrogens is 312 g/mol. The predicted octanol–water partition coefficient (Wildman–Crippen LogP) is 0.883. The van der Waals surface area contributed by atoms with Gasteiger partial charge < -0.3 is 0 Å². The summed E-state index contributed by atoms with van der Waals surface area (Å²) in [5.41, 5.74) is 0.569. The zero-order valence-electron chi connectivity index (χ0n) is 12.5. The topological polar surface area (TPSA) is 78.5 Å². The Hall–Kier alpha value is -2.43. The number of aromatic nitrogens is 1. The van der Waals surface area contributed by atoms with Crippen LogP contribution in [0.15, 0.2) is 53.6 Å². The monoisotopic (exact) mass is 329 g/mol. The second kappa shape index (κ2) is 6.36. The van der Waals surface area contributed by atoms with Gasteiger partial charge in [-0.2, -0.15) is 9.57 Å². The highest BCUT2D eigenvalue weighted by Gasteiger charge is 2.31. The Morgan fingerprint density at radius 1 is 1.00 bits per heavy atom. The van der Waals surface area contributed by atoms with Crippen molar-refractivity contribution in [3.8, 4) is 6.07 Å². The van der Waals surface area contributed by atoms with Gasteiger partial charge >= 0.3 is 0 Å². The number of piperazine rings is 1. The van der Waals surface area contributed by atoms with Gasteiger partial charge in [-0.15, -0.1) is 0 Å². The summed E-state index contributed by atoms with van der Waals surface area (Å²) in [5, 5.41) is 8.81. The lowest BCUT2D eigenvalue weighted by Crippen LogP contribution is -2.49. The molecule has 23 heavy (non-hydrogen) atoms. The first-order valence-electron chi connectivity index (χ1n) is 7.33. The van der Waals surface area contributed by atoms with E-state index in [4.69, 9.17) is 5.26 Å². The van der Waals surface area contributed by atoms with Crippen LogP contribution < -0.4 is 9.88 Å². The maximum Gasteiger partial charge on any atom is 0.274 e. The van der Waals surface area contributed by atoms with Crippen LogP contribution in [-0.4, -0.2) is 38.9 Å². The molecule has 3 rings (SSSR count). The quantitative estimate of drug-likeness (QED) is 0.837.